The minimum absolute atomic E-state index is 0. The average molecular weight is 217 g/mol. The number of hydrogen-bond acceptors (Lipinski definition) is 3. The monoisotopic (exact) mass is 217 g/mol. The Bertz CT molecular complexity index is 298. The molecule has 0 aliphatic carbocycles. The fourth-order valence-electron chi connectivity index (χ4n) is 0.973. The van der Waals surface area contributed by atoms with E-state index in [0.29, 0.717) is 0 Å². The molecule has 0 aliphatic heterocycles. The van der Waals surface area contributed by atoms with Gasteiger partial charge >= 0.3 is 5.97 Å². The maximum atomic E-state index is 10.4. The van der Waals surface area contributed by atoms with E-state index in [1.54, 1.807) is 12.1 Å². The summed E-state index contributed by atoms with van der Waals surface area (Å²) in [6.45, 7) is 0. The first-order valence-corrected chi connectivity index (χ1v) is 3.86. The molecule has 0 saturated heterocycles. The quantitative estimate of drug-likeness (QED) is 0.577. The molecule has 0 aromatic heterocycles. The van der Waals surface area contributed by atoms with Crippen LogP contribution in [0.3, 0.4) is 0 Å². The van der Waals surface area contributed by atoms with E-state index < -0.39 is 12.0 Å². The van der Waals surface area contributed by atoms with Crippen LogP contribution in [0.5, 0.6) is 5.75 Å². The van der Waals surface area contributed by atoms with Gasteiger partial charge in [-0.3, -0.25) is 4.79 Å². The molecule has 8 N–H and O–H groups in total. The predicted octanol–water partition coefficient (Wildman–Crippen LogP) is -1.30. The zero-order chi connectivity index (χ0) is 9.84. The van der Waals surface area contributed by atoms with Crippen LogP contribution in [0.2, 0.25) is 0 Å². The highest BCUT2D eigenvalue weighted by molar-refractivity contribution is 5.73. The molecule has 15 heavy (non-hydrogen) atoms. The summed E-state index contributed by atoms with van der Waals surface area (Å²) in [5.41, 5.74) is 6.12. The lowest BCUT2D eigenvalue weighted by Crippen LogP contribution is -2.32. The van der Waals surface area contributed by atoms with E-state index in [1.165, 1.54) is 12.1 Å². The highest BCUT2D eigenvalue weighted by Crippen LogP contribution is 2.10. The normalized spacial score (nSPS) is 10.7. The molecule has 0 spiro atoms. The van der Waals surface area contributed by atoms with Gasteiger partial charge in [0.1, 0.15) is 11.8 Å². The molecule has 0 heterocycles. The molecular weight excluding hydrogens is 202 g/mol. The largest absolute Gasteiger partial charge is 0.508 e. The topological polar surface area (TPSA) is 147 Å². The Labute approximate surface area is 86.6 Å². The molecule has 1 rings (SSSR count). The maximum absolute atomic E-state index is 10.4. The van der Waals surface area contributed by atoms with Gasteiger partial charge in [-0.05, 0) is 24.1 Å². The van der Waals surface area contributed by atoms with E-state index >= 15 is 0 Å². The van der Waals surface area contributed by atoms with Gasteiger partial charge < -0.3 is 26.9 Å². The smallest absolute Gasteiger partial charge is 0.320 e. The molecule has 6 heteroatoms. The molecule has 0 saturated carbocycles. The molecule has 1 aromatic carbocycles. The Hall–Kier alpha value is -1.63. The molecule has 0 aliphatic rings. The van der Waals surface area contributed by atoms with Crippen LogP contribution >= 0.6 is 0 Å². The van der Waals surface area contributed by atoms with Crippen molar-refractivity contribution in [2.24, 2.45) is 5.73 Å². The lowest BCUT2D eigenvalue weighted by molar-refractivity contribution is -0.138. The maximum Gasteiger partial charge on any atom is 0.320 e. The van der Waals surface area contributed by atoms with Gasteiger partial charge in [-0.1, -0.05) is 12.1 Å². The number of aromatic hydroxyl groups is 1. The lowest BCUT2D eigenvalue weighted by Gasteiger charge is -2.05. The van der Waals surface area contributed by atoms with Crippen LogP contribution < -0.4 is 5.73 Å². The summed E-state index contributed by atoms with van der Waals surface area (Å²) >= 11 is 0. The van der Waals surface area contributed by atoms with Crippen molar-refractivity contribution in [1.82, 2.24) is 0 Å². The first kappa shape index (κ1) is 15.8. The van der Waals surface area contributed by atoms with Crippen molar-refractivity contribution in [2.45, 2.75) is 12.5 Å². The van der Waals surface area contributed by atoms with Crippen molar-refractivity contribution in [3.63, 3.8) is 0 Å². The van der Waals surface area contributed by atoms with Crippen LogP contribution in [0.1, 0.15) is 5.56 Å². The average Bonchev–Trinajstić information content (AvgIpc) is 2.08. The number of nitrogens with two attached hydrogens (primary N) is 1. The van der Waals surface area contributed by atoms with Crippen LogP contribution in [0, 0.1) is 0 Å². The van der Waals surface area contributed by atoms with E-state index in [0.717, 1.165) is 5.56 Å². The van der Waals surface area contributed by atoms with E-state index in [2.05, 4.69) is 0 Å². The second-order valence-corrected chi connectivity index (χ2v) is 2.82. The Morgan fingerprint density at radius 3 is 2.13 bits per heavy atom. The Morgan fingerprint density at radius 1 is 1.27 bits per heavy atom. The van der Waals surface area contributed by atoms with Crippen molar-refractivity contribution >= 4 is 5.97 Å². The number of rotatable bonds is 3. The van der Waals surface area contributed by atoms with Gasteiger partial charge in [-0.2, -0.15) is 0 Å². The van der Waals surface area contributed by atoms with Crippen molar-refractivity contribution in [2.75, 3.05) is 0 Å². The minimum atomic E-state index is -1.02. The van der Waals surface area contributed by atoms with Gasteiger partial charge in [-0.25, -0.2) is 0 Å². The fraction of sp³-hybridized carbons (Fsp3) is 0.222. The highest BCUT2D eigenvalue weighted by Gasteiger charge is 2.11. The van der Waals surface area contributed by atoms with Crippen molar-refractivity contribution in [3.8, 4) is 5.75 Å². The number of carbonyl (C=O) groups is 1. The number of hydrogen-bond donors (Lipinski definition) is 3. The number of carboxylic acids is 1. The summed E-state index contributed by atoms with van der Waals surface area (Å²) in [5.74, 6) is -0.860. The zero-order valence-electron chi connectivity index (χ0n) is 7.97. The molecule has 0 fully saturated rings. The minimum Gasteiger partial charge on any atom is -0.508 e. The molecule has 1 aromatic rings. The number of aliphatic carboxylic acids is 1. The molecule has 0 amide bonds. The number of phenols is 1. The summed E-state index contributed by atoms with van der Waals surface area (Å²) in [6, 6.07) is 5.42. The lowest BCUT2D eigenvalue weighted by atomic mass is 10.1. The molecule has 1 unspecified atom stereocenters. The zero-order valence-corrected chi connectivity index (χ0v) is 7.97. The van der Waals surface area contributed by atoms with Crippen LogP contribution in [0.15, 0.2) is 24.3 Å². The number of phenolic OH excluding ortho intramolecular Hbond substituents is 1. The first-order chi connectivity index (χ1) is 6.09. The summed E-state index contributed by atoms with van der Waals surface area (Å²) in [5, 5.41) is 17.5. The summed E-state index contributed by atoms with van der Waals surface area (Å²) in [7, 11) is 0. The van der Waals surface area contributed by atoms with Crippen molar-refractivity contribution < 1.29 is 26.0 Å². The third-order valence-electron chi connectivity index (χ3n) is 1.71. The van der Waals surface area contributed by atoms with E-state index in [-0.39, 0.29) is 23.1 Å². The Morgan fingerprint density at radius 2 is 1.73 bits per heavy atom. The molecule has 0 bridgehead atoms. The van der Waals surface area contributed by atoms with Crippen LogP contribution in [-0.4, -0.2) is 33.2 Å². The summed E-state index contributed by atoms with van der Waals surface area (Å²) in [4.78, 5) is 10.4. The molecular formula is C9H15NO5. The van der Waals surface area contributed by atoms with Crippen LogP contribution in [0.25, 0.3) is 0 Å². The predicted molar refractivity (Wildman–Crippen MR) is 54.6 cm³/mol. The van der Waals surface area contributed by atoms with Gasteiger partial charge in [0.15, 0.2) is 0 Å². The van der Waals surface area contributed by atoms with E-state index in [1.807, 2.05) is 0 Å². The summed E-state index contributed by atoms with van der Waals surface area (Å²) in [6.07, 6.45) is 0.273. The standard InChI is InChI=1S/C9H11NO3.2H2O/c10-8(9(12)13)5-6-1-3-7(11)4-2-6;;/h1-4,8,11H,5,10H2,(H,12,13);2*1H2. The third-order valence-corrected chi connectivity index (χ3v) is 1.71. The number of benzene rings is 1. The van der Waals surface area contributed by atoms with Gasteiger partial charge in [0.05, 0.1) is 0 Å². The van der Waals surface area contributed by atoms with Gasteiger partial charge in [0.2, 0.25) is 0 Å². The van der Waals surface area contributed by atoms with Gasteiger partial charge in [-0.15, -0.1) is 0 Å². The van der Waals surface area contributed by atoms with E-state index in [4.69, 9.17) is 15.9 Å². The molecule has 86 valence electrons. The first-order valence-electron chi connectivity index (χ1n) is 3.86. The second-order valence-electron chi connectivity index (χ2n) is 2.82. The van der Waals surface area contributed by atoms with Crippen LogP contribution in [0.4, 0.5) is 0 Å². The number of carboxylic acid groups (broad SMARTS) is 1. The van der Waals surface area contributed by atoms with Crippen molar-refractivity contribution in [1.29, 1.82) is 0 Å². The molecule has 6 nitrogen and oxygen atoms in total. The van der Waals surface area contributed by atoms with Crippen LogP contribution in [-0.2, 0) is 11.2 Å². The third kappa shape index (κ3) is 4.96. The Balaban J connectivity index is 0. The van der Waals surface area contributed by atoms with Gasteiger partial charge in [0, 0.05) is 0 Å². The Kier molecular flexibility index (Phi) is 7.14. The highest BCUT2D eigenvalue weighted by atomic mass is 16.4. The van der Waals surface area contributed by atoms with Crippen molar-refractivity contribution in [3.05, 3.63) is 29.8 Å². The van der Waals surface area contributed by atoms with Gasteiger partial charge in [0.25, 0.3) is 0 Å². The van der Waals surface area contributed by atoms with E-state index in [9.17, 15) is 4.79 Å². The molecule has 0 radical (unpaired) electrons. The molecule has 1 atom stereocenters. The fourth-order valence-corrected chi connectivity index (χ4v) is 0.973. The SMILES string of the molecule is NC(Cc1ccc(O)cc1)C(=O)O.O.O. The second kappa shape index (κ2) is 6.77. The summed E-state index contributed by atoms with van der Waals surface area (Å²) < 4.78 is 0.